The average molecular weight is 456 g/mol. The predicted octanol–water partition coefficient (Wildman–Crippen LogP) is 6.47. The lowest BCUT2D eigenvalue weighted by Crippen LogP contribution is -2.46. The Labute approximate surface area is 192 Å². The topological polar surface area (TPSA) is 40.5 Å². The van der Waals surface area contributed by atoms with E-state index in [-0.39, 0.29) is 24.3 Å². The van der Waals surface area contributed by atoms with Gasteiger partial charge in [-0.25, -0.2) is 0 Å². The Balaban J connectivity index is 1.57. The van der Waals surface area contributed by atoms with Gasteiger partial charge in [0.05, 0.1) is 5.57 Å². The number of likely N-dealkylation sites (tertiary alicyclic amines) is 1. The van der Waals surface area contributed by atoms with Gasteiger partial charge in [-0.2, -0.15) is 13.2 Å². The summed E-state index contributed by atoms with van der Waals surface area (Å²) in [6, 6.07) is 18.3. The number of carboxylic acids is 1. The molecular weight excluding hydrogens is 427 g/mol. The van der Waals surface area contributed by atoms with E-state index in [1.165, 1.54) is 12.2 Å². The Bertz CT molecular complexity index is 1030. The van der Waals surface area contributed by atoms with Crippen molar-refractivity contribution in [3.8, 4) is 11.1 Å². The molecule has 2 aromatic rings. The number of hydrogen-bond acceptors (Lipinski definition) is 2. The fourth-order valence-electron chi connectivity index (χ4n) is 5.11. The normalized spacial score (nSPS) is 23.8. The monoisotopic (exact) mass is 455 g/mol. The third-order valence-electron chi connectivity index (χ3n) is 6.76. The van der Waals surface area contributed by atoms with Gasteiger partial charge in [0.15, 0.2) is 0 Å². The number of nitrogens with zero attached hydrogens (tertiary/aromatic N) is 1. The van der Waals surface area contributed by atoms with Gasteiger partial charge in [-0.05, 0) is 54.3 Å². The molecule has 0 radical (unpaired) electrons. The number of carbonyl (C=O) groups is 1. The summed E-state index contributed by atoms with van der Waals surface area (Å²) >= 11 is 0. The van der Waals surface area contributed by atoms with Crippen LogP contribution in [0.25, 0.3) is 11.1 Å². The predicted molar refractivity (Wildman–Crippen MR) is 122 cm³/mol. The molecule has 33 heavy (non-hydrogen) atoms. The minimum absolute atomic E-state index is 0.00536. The van der Waals surface area contributed by atoms with Gasteiger partial charge in [-0.15, -0.1) is 0 Å². The van der Waals surface area contributed by atoms with Crippen molar-refractivity contribution >= 4 is 5.97 Å². The summed E-state index contributed by atoms with van der Waals surface area (Å²) in [5.74, 6) is -0.855. The zero-order valence-corrected chi connectivity index (χ0v) is 18.3. The number of hydrogen-bond donors (Lipinski definition) is 1. The van der Waals surface area contributed by atoms with Crippen molar-refractivity contribution in [1.29, 1.82) is 0 Å². The molecule has 6 heteroatoms. The first-order chi connectivity index (χ1) is 15.8. The summed E-state index contributed by atoms with van der Waals surface area (Å²) in [5.41, 5.74) is 2.83. The van der Waals surface area contributed by atoms with Crippen LogP contribution < -0.4 is 0 Å². The first-order valence-corrected chi connectivity index (χ1v) is 11.4. The number of allylic oxidation sites excluding steroid dienone is 3. The quantitative estimate of drug-likeness (QED) is 0.542. The molecule has 1 heterocycles. The minimum Gasteiger partial charge on any atom is -0.481 e. The van der Waals surface area contributed by atoms with Crippen LogP contribution in [0.3, 0.4) is 0 Å². The zero-order valence-electron chi connectivity index (χ0n) is 18.3. The van der Waals surface area contributed by atoms with Crippen LogP contribution in [0.1, 0.15) is 31.2 Å². The number of aliphatic carboxylic acids is 1. The highest BCUT2D eigenvalue weighted by atomic mass is 19.4. The number of alkyl halides is 3. The standard InChI is InChI=1S/C27H28F3NO2/c28-27(29,30)23-12-10-21(11-13-23)25-16-19(17-26(32)33)14-15-31(25)18-22-8-4-5-9-24(22)20-6-2-1-3-7-20/h1-10,12-13,19,21,25H,11,14-18H2,(H,32,33)/t19-,21?,25+/m0/s1. The van der Waals surface area contributed by atoms with Gasteiger partial charge < -0.3 is 5.11 Å². The molecule has 0 spiro atoms. The lowest BCUT2D eigenvalue weighted by molar-refractivity contribution is -0.138. The van der Waals surface area contributed by atoms with E-state index in [1.807, 2.05) is 30.3 Å². The van der Waals surface area contributed by atoms with Gasteiger partial charge in [0.2, 0.25) is 0 Å². The summed E-state index contributed by atoms with van der Waals surface area (Å²) in [5, 5.41) is 9.29. The molecule has 1 unspecified atom stereocenters. The van der Waals surface area contributed by atoms with Gasteiger partial charge in [0, 0.05) is 19.0 Å². The second kappa shape index (κ2) is 9.96. The van der Waals surface area contributed by atoms with Crippen LogP contribution in [0.5, 0.6) is 0 Å². The Morgan fingerprint density at radius 2 is 1.79 bits per heavy atom. The Kier molecular flexibility index (Phi) is 7.03. The molecule has 0 bridgehead atoms. The van der Waals surface area contributed by atoms with Gasteiger partial charge in [-0.1, -0.05) is 72.8 Å². The molecule has 1 aliphatic heterocycles. The molecule has 0 saturated carbocycles. The van der Waals surface area contributed by atoms with Crippen LogP contribution in [0.15, 0.2) is 78.4 Å². The maximum atomic E-state index is 13.1. The van der Waals surface area contributed by atoms with E-state index >= 15 is 0 Å². The molecule has 1 aliphatic carbocycles. The summed E-state index contributed by atoms with van der Waals surface area (Å²) in [6.07, 6.45) is 1.66. The van der Waals surface area contributed by atoms with E-state index in [1.54, 1.807) is 6.08 Å². The van der Waals surface area contributed by atoms with Gasteiger partial charge in [0.1, 0.15) is 0 Å². The van der Waals surface area contributed by atoms with Gasteiger partial charge in [-0.3, -0.25) is 9.69 Å². The molecule has 1 fully saturated rings. The average Bonchev–Trinajstić information content (AvgIpc) is 2.80. The van der Waals surface area contributed by atoms with Crippen LogP contribution in [-0.4, -0.2) is 34.7 Å². The molecule has 3 nitrogen and oxygen atoms in total. The van der Waals surface area contributed by atoms with Crippen molar-refractivity contribution in [2.45, 2.75) is 44.4 Å². The van der Waals surface area contributed by atoms with Crippen molar-refractivity contribution in [2.75, 3.05) is 6.54 Å². The molecule has 174 valence electrons. The number of carboxylic acid groups (broad SMARTS) is 1. The lowest BCUT2D eigenvalue weighted by Gasteiger charge is -2.43. The fraction of sp³-hybridized carbons (Fsp3) is 0.370. The Morgan fingerprint density at radius 1 is 1.06 bits per heavy atom. The molecule has 4 rings (SSSR count). The van der Waals surface area contributed by atoms with Crippen molar-refractivity contribution in [1.82, 2.24) is 4.90 Å². The summed E-state index contributed by atoms with van der Waals surface area (Å²) in [4.78, 5) is 13.7. The van der Waals surface area contributed by atoms with Gasteiger partial charge >= 0.3 is 12.1 Å². The number of rotatable bonds is 6. The molecule has 0 aromatic heterocycles. The molecule has 1 N–H and O–H groups in total. The van der Waals surface area contributed by atoms with Crippen molar-refractivity contribution in [2.24, 2.45) is 11.8 Å². The highest BCUT2D eigenvalue weighted by molar-refractivity contribution is 5.67. The second-order valence-corrected chi connectivity index (χ2v) is 8.97. The number of halogens is 3. The molecule has 0 amide bonds. The molecule has 2 aromatic carbocycles. The van der Waals surface area contributed by atoms with Crippen LogP contribution in [0, 0.1) is 11.8 Å². The third-order valence-corrected chi connectivity index (χ3v) is 6.76. The van der Waals surface area contributed by atoms with Crippen molar-refractivity contribution in [3.63, 3.8) is 0 Å². The summed E-state index contributed by atoms with van der Waals surface area (Å²) < 4.78 is 39.3. The third kappa shape index (κ3) is 5.74. The van der Waals surface area contributed by atoms with E-state index in [0.717, 1.165) is 29.7 Å². The molecule has 1 saturated heterocycles. The first-order valence-electron chi connectivity index (χ1n) is 11.4. The van der Waals surface area contributed by atoms with Crippen LogP contribution >= 0.6 is 0 Å². The second-order valence-electron chi connectivity index (χ2n) is 8.97. The maximum Gasteiger partial charge on any atom is 0.416 e. The largest absolute Gasteiger partial charge is 0.481 e. The van der Waals surface area contributed by atoms with Crippen molar-refractivity contribution < 1.29 is 23.1 Å². The smallest absolute Gasteiger partial charge is 0.416 e. The highest BCUT2D eigenvalue weighted by Crippen LogP contribution is 2.38. The zero-order chi connectivity index (χ0) is 23.4. The number of benzene rings is 2. The number of piperidine rings is 1. The van der Waals surface area contributed by atoms with Crippen LogP contribution in [0.2, 0.25) is 0 Å². The van der Waals surface area contributed by atoms with Crippen LogP contribution in [0.4, 0.5) is 13.2 Å². The van der Waals surface area contributed by atoms with E-state index in [0.29, 0.717) is 19.4 Å². The maximum absolute atomic E-state index is 13.1. The van der Waals surface area contributed by atoms with E-state index < -0.39 is 17.7 Å². The molecule has 2 aliphatic rings. The van der Waals surface area contributed by atoms with E-state index in [9.17, 15) is 23.1 Å². The molecule has 3 atom stereocenters. The van der Waals surface area contributed by atoms with Crippen LogP contribution in [-0.2, 0) is 11.3 Å². The highest BCUT2D eigenvalue weighted by Gasteiger charge is 2.37. The summed E-state index contributed by atoms with van der Waals surface area (Å²) in [7, 11) is 0. The fourth-order valence-corrected chi connectivity index (χ4v) is 5.11. The summed E-state index contributed by atoms with van der Waals surface area (Å²) in [6.45, 7) is 1.40. The SMILES string of the molecule is O=C(O)C[C@H]1CCN(Cc2ccccc2-c2ccccc2)[C@@H](C2C=CC(C(F)(F)F)=CC2)C1. The molecular formula is C27H28F3NO2. The first kappa shape index (κ1) is 23.3. The van der Waals surface area contributed by atoms with Gasteiger partial charge in [0.25, 0.3) is 0 Å². The Morgan fingerprint density at radius 3 is 2.45 bits per heavy atom. The van der Waals surface area contributed by atoms with E-state index in [4.69, 9.17) is 0 Å². The van der Waals surface area contributed by atoms with Crippen molar-refractivity contribution in [3.05, 3.63) is 84.0 Å². The van der Waals surface area contributed by atoms with E-state index in [2.05, 4.69) is 29.2 Å². The Hall–Kier alpha value is -2.86. The minimum atomic E-state index is -4.34. The lowest BCUT2D eigenvalue weighted by atomic mass is 9.79.